The summed E-state index contributed by atoms with van der Waals surface area (Å²) in [6, 6.07) is 0. The maximum Gasteiger partial charge on any atom is 0.330 e. The normalized spacial score (nSPS) is 18.5. The Morgan fingerprint density at radius 2 is 1.62 bits per heavy atom. The van der Waals surface area contributed by atoms with Crippen LogP contribution in [0.15, 0.2) is 0 Å². The van der Waals surface area contributed by atoms with E-state index in [4.69, 9.17) is 0 Å². The smallest absolute Gasteiger partial charge is 0.330 e. The van der Waals surface area contributed by atoms with Gasteiger partial charge in [-0.2, -0.15) is 8.78 Å². The van der Waals surface area contributed by atoms with Crippen LogP contribution in [0.2, 0.25) is 0 Å². The molecule has 5 heteroatoms. The van der Waals surface area contributed by atoms with Crippen LogP contribution in [0, 0.1) is 0 Å². The molecule has 1 atom stereocenters. The van der Waals surface area contributed by atoms with Crippen molar-refractivity contribution in [3.63, 3.8) is 0 Å². The lowest BCUT2D eigenvalue weighted by atomic mass is 10.0. The van der Waals surface area contributed by atoms with Gasteiger partial charge in [-0.25, -0.2) is 0 Å². The molecule has 0 rings (SSSR count). The van der Waals surface area contributed by atoms with Crippen molar-refractivity contribution in [1.29, 1.82) is 0 Å². The molecule has 0 aliphatic rings. The maximum absolute atomic E-state index is 12.7. The first-order chi connectivity index (χ1) is 5.46. The summed E-state index contributed by atoms with van der Waals surface area (Å²) in [5.41, 5.74) is -2.37. The van der Waals surface area contributed by atoms with Gasteiger partial charge in [0, 0.05) is 12.1 Å². The molecule has 0 aliphatic heterocycles. The van der Waals surface area contributed by atoms with E-state index in [1.165, 1.54) is 0 Å². The summed E-state index contributed by atoms with van der Waals surface area (Å²) < 4.78 is 25.4. The Hall–Kier alpha value is 0.260. The average molecular weight is 260 g/mol. The predicted octanol–water partition coefficient (Wildman–Crippen LogP) is 2.11. The van der Waals surface area contributed by atoms with Crippen LogP contribution in [0.4, 0.5) is 8.78 Å². The fraction of sp³-hybridized carbons (Fsp3) is 1.00. The molecule has 0 bridgehead atoms. The number of hydrogen-bond acceptors (Lipinski definition) is 2. The van der Waals surface area contributed by atoms with E-state index in [9.17, 15) is 13.9 Å². The van der Waals surface area contributed by atoms with Crippen LogP contribution in [-0.2, 0) is 0 Å². The zero-order chi connectivity index (χ0) is 10.9. The number of halogens is 3. The second-order valence-electron chi connectivity index (χ2n) is 4.38. The highest BCUT2D eigenvalue weighted by Crippen LogP contribution is 2.34. The molecular formula is C8H16BrF2NO. The van der Waals surface area contributed by atoms with Crippen molar-refractivity contribution in [1.82, 2.24) is 5.32 Å². The van der Waals surface area contributed by atoms with E-state index in [0.29, 0.717) is 0 Å². The first-order valence-electron chi connectivity index (χ1n) is 4.00. The number of rotatable bonds is 3. The molecule has 0 radical (unpaired) electrons. The topological polar surface area (TPSA) is 32.3 Å². The summed E-state index contributed by atoms with van der Waals surface area (Å²) >= 11 is 2.14. The van der Waals surface area contributed by atoms with Crippen LogP contribution in [0.25, 0.3) is 0 Å². The molecule has 0 spiro atoms. The molecule has 0 aliphatic carbocycles. The van der Waals surface area contributed by atoms with Crippen LogP contribution < -0.4 is 5.32 Å². The van der Waals surface area contributed by atoms with Crippen molar-refractivity contribution < 1.29 is 13.9 Å². The number of hydrogen-bond donors (Lipinski definition) is 2. The minimum absolute atomic E-state index is 0.172. The predicted molar refractivity (Wildman–Crippen MR) is 52.3 cm³/mol. The molecule has 0 aromatic carbocycles. The van der Waals surface area contributed by atoms with E-state index >= 15 is 0 Å². The number of aliphatic hydroxyl groups is 1. The molecule has 0 fully saturated rings. The highest BCUT2D eigenvalue weighted by molar-refractivity contribution is 9.10. The van der Waals surface area contributed by atoms with Gasteiger partial charge in [-0.05, 0) is 43.6 Å². The highest BCUT2D eigenvalue weighted by atomic mass is 79.9. The van der Waals surface area contributed by atoms with Crippen LogP contribution in [-0.4, -0.2) is 27.6 Å². The highest BCUT2D eigenvalue weighted by Gasteiger charge is 2.46. The van der Waals surface area contributed by atoms with Gasteiger partial charge in [-0.15, -0.1) is 0 Å². The molecular weight excluding hydrogens is 244 g/mol. The first-order valence-corrected chi connectivity index (χ1v) is 4.79. The molecule has 0 amide bonds. The zero-order valence-corrected chi connectivity index (χ0v) is 9.87. The van der Waals surface area contributed by atoms with E-state index in [1.807, 2.05) is 20.8 Å². The standard InChI is InChI=1S/C8H16BrF2NO/c1-6(2,3)12-5-7(4,13)8(9,10)11/h12-13H,5H2,1-4H3. The minimum atomic E-state index is -3.28. The summed E-state index contributed by atoms with van der Waals surface area (Å²) in [6.07, 6.45) is 0. The van der Waals surface area contributed by atoms with Crippen molar-refractivity contribution in [2.45, 2.75) is 43.7 Å². The van der Waals surface area contributed by atoms with Gasteiger partial charge in [0.1, 0.15) is 5.60 Å². The van der Waals surface area contributed by atoms with Crippen LogP contribution in [0.3, 0.4) is 0 Å². The third-order valence-corrected chi connectivity index (χ3v) is 2.43. The largest absolute Gasteiger partial charge is 0.382 e. The lowest BCUT2D eigenvalue weighted by Crippen LogP contribution is -2.53. The lowest BCUT2D eigenvalue weighted by Gasteiger charge is -2.32. The third kappa shape index (κ3) is 4.88. The van der Waals surface area contributed by atoms with Crippen molar-refractivity contribution in [2.75, 3.05) is 6.54 Å². The second-order valence-corrected chi connectivity index (χ2v) is 5.37. The molecule has 80 valence electrons. The van der Waals surface area contributed by atoms with E-state index in [0.717, 1.165) is 6.92 Å². The summed E-state index contributed by atoms with van der Waals surface area (Å²) in [7, 11) is 0. The average Bonchev–Trinajstić information content (AvgIpc) is 1.79. The summed E-state index contributed by atoms with van der Waals surface area (Å²) in [5, 5.41) is 12.2. The lowest BCUT2D eigenvalue weighted by molar-refractivity contribution is -0.103. The van der Waals surface area contributed by atoms with E-state index < -0.39 is 10.4 Å². The molecule has 2 N–H and O–H groups in total. The van der Waals surface area contributed by atoms with E-state index in [2.05, 4.69) is 21.2 Å². The number of alkyl halides is 3. The van der Waals surface area contributed by atoms with Crippen molar-refractivity contribution in [2.24, 2.45) is 0 Å². The molecule has 0 aromatic heterocycles. The fourth-order valence-corrected chi connectivity index (χ4v) is 0.678. The molecule has 0 aromatic rings. The Labute approximate surface area is 85.8 Å². The minimum Gasteiger partial charge on any atom is -0.382 e. The molecule has 0 saturated heterocycles. The zero-order valence-electron chi connectivity index (χ0n) is 8.29. The Morgan fingerprint density at radius 1 is 1.23 bits per heavy atom. The van der Waals surface area contributed by atoms with Gasteiger partial charge < -0.3 is 10.4 Å². The Kier molecular flexibility index (Phi) is 3.86. The Morgan fingerprint density at radius 3 is 1.85 bits per heavy atom. The molecule has 13 heavy (non-hydrogen) atoms. The Bertz CT molecular complexity index is 172. The van der Waals surface area contributed by atoms with Gasteiger partial charge in [0.25, 0.3) is 0 Å². The maximum atomic E-state index is 12.7. The van der Waals surface area contributed by atoms with Gasteiger partial charge in [0.15, 0.2) is 0 Å². The number of nitrogens with one attached hydrogen (secondary N) is 1. The SMILES string of the molecule is CC(C)(C)NCC(C)(O)C(F)(F)Br. The van der Waals surface area contributed by atoms with Crippen LogP contribution >= 0.6 is 15.9 Å². The van der Waals surface area contributed by atoms with Gasteiger partial charge in [0.2, 0.25) is 0 Å². The molecule has 2 nitrogen and oxygen atoms in total. The van der Waals surface area contributed by atoms with Crippen molar-refractivity contribution >= 4 is 15.9 Å². The monoisotopic (exact) mass is 259 g/mol. The van der Waals surface area contributed by atoms with Crippen molar-refractivity contribution in [3.05, 3.63) is 0 Å². The quantitative estimate of drug-likeness (QED) is 0.762. The van der Waals surface area contributed by atoms with Crippen LogP contribution in [0.5, 0.6) is 0 Å². The third-order valence-electron chi connectivity index (χ3n) is 1.57. The second kappa shape index (κ2) is 3.79. The summed E-state index contributed by atoms with van der Waals surface area (Å²) in [5.74, 6) is 0. The summed E-state index contributed by atoms with van der Waals surface area (Å²) in [6.45, 7) is 6.44. The molecule has 0 heterocycles. The van der Waals surface area contributed by atoms with Gasteiger partial charge >= 0.3 is 4.83 Å². The van der Waals surface area contributed by atoms with Gasteiger partial charge in [-0.3, -0.25) is 0 Å². The molecule has 0 saturated carbocycles. The Balaban J connectivity index is 4.21. The number of β-amino-alcohol motifs (C(OH)–C–C–N with tert-alkyl or cyclic N) is 1. The van der Waals surface area contributed by atoms with Gasteiger partial charge in [-0.1, -0.05) is 0 Å². The fourth-order valence-electron chi connectivity index (χ4n) is 0.537. The van der Waals surface area contributed by atoms with E-state index in [1.54, 1.807) is 0 Å². The van der Waals surface area contributed by atoms with Gasteiger partial charge in [0.05, 0.1) is 0 Å². The van der Waals surface area contributed by atoms with E-state index in [-0.39, 0.29) is 12.1 Å². The first kappa shape index (κ1) is 13.3. The van der Waals surface area contributed by atoms with Crippen LogP contribution in [0.1, 0.15) is 27.7 Å². The summed E-state index contributed by atoms with van der Waals surface area (Å²) in [4.78, 5) is -3.28. The van der Waals surface area contributed by atoms with Crippen molar-refractivity contribution in [3.8, 4) is 0 Å². The molecule has 1 unspecified atom stereocenters.